The highest BCUT2D eigenvalue weighted by atomic mass is 35.5. The van der Waals surface area contributed by atoms with Gasteiger partial charge in [-0.2, -0.15) is 5.10 Å². The summed E-state index contributed by atoms with van der Waals surface area (Å²) < 4.78 is 16.3. The Labute approximate surface area is 231 Å². The first-order valence-electron chi connectivity index (χ1n) is 12.6. The molecule has 1 aliphatic heterocycles. The predicted octanol–water partition coefficient (Wildman–Crippen LogP) is 4.21. The van der Waals surface area contributed by atoms with E-state index < -0.39 is 18.4 Å². The molecule has 1 amide bonds. The highest BCUT2D eigenvalue weighted by Gasteiger charge is 2.30. The fourth-order valence-electron chi connectivity index (χ4n) is 4.38. The summed E-state index contributed by atoms with van der Waals surface area (Å²) in [6, 6.07) is 10.2. The molecule has 2 atom stereocenters. The Morgan fingerprint density at radius 3 is 2.64 bits per heavy atom. The third-order valence-electron chi connectivity index (χ3n) is 6.19. The van der Waals surface area contributed by atoms with Gasteiger partial charge in [0.1, 0.15) is 0 Å². The van der Waals surface area contributed by atoms with Crippen LogP contribution in [0.3, 0.4) is 0 Å². The molecule has 4 rings (SSSR count). The molecule has 39 heavy (non-hydrogen) atoms. The van der Waals surface area contributed by atoms with Gasteiger partial charge in [0.05, 0.1) is 23.9 Å². The van der Waals surface area contributed by atoms with E-state index in [0.717, 1.165) is 19.4 Å². The number of carbonyl (C=O) groups excluding carboxylic acids is 3. The highest BCUT2D eigenvalue weighted by Crippen LogP contribution is 2.30. The summed E-state index contributed by atoms with van der Waals surface area (Å²) in [5.74, 6) is -0.548. The van der Waals surface area contributed by atoms with E-state index in [9.17, 15) is 14.4 Å². The SMILES string of the molecule is CCOC(=O)OC(C)OC(=O)c1c(-c2ccc(C(=O)N(c3ncccc3Cl)[C@@H]3CCCNC3)cc2)cnn1C. The number of esters is 1. The number of benzene rings is 1. The van der Waals surface area contributed by atoms with Crippen molar-refractivity contribution in [3.05, 3.63) is 65.1 Å². The van der Waals surface area contributed by atoms with Gasteiger partial charge in [-0.3, -0.25) is 14.4 Å². The number of anilines is 1. The minimum absolute atomic E-state index is 0.100. The van der Waals surface area contributed by atoms with Gasteiger partial charge in [0, 0.05) is 37.8 Å². The summed E-state index contributed by atoms with van der Waals surface area (Å²) in [4.78, 5) is 44.2. The Morgan fingerprint density at radius 2 is 1.97 bits per heavy atom. The standard InChI is InChI=1S/C27H30ClN5O6/c1-4-37-27(36)39-17(2)38-26(35)23-21(16-31-32(23)3)18-9-11-19(12-10-18)25(34)33(20-7-5-13-29-15-20)24-22(28)8-6-14-30-24/h6,8-12,14,16-17,20,29H,4-5,7,13,15H2,1-3H3/t17?,20-/m1/s1. The van der Waals surface area contributed by atoms with Crippen molar-refractivity contribution in [1.82, 2.24) is 20.1 Å². The molecule has 1 fully saturated rings. The minimum Gasteiger partial charge on any atom is -0.435 e. The van der Waals surface area contributed by atoms with Crippen LogP contribution in [0.1, 0.15) is 47.5 Å². The van der Waals surface area contributed by atoms with Crippen LogP contribution >= 0.6 is 11.6 Å². The van der Waals surface area contributed by atoms with Gasteiger partial charge in [0.25, 0.3) is 5.91 Å². The number of aryl methyl sites for hydroxylation is 1. The number of halogens is 1. The van der Waals surface area contributed by atoms with Crippen LogP contribution in [-0.4, -0.2) is 64.8 Å². The molecular weight excluding hydrogens is 526 g/mol. The Morgan fingerprint density at radius 1 is 1.21 bits per heavy atom. The predicted molar refractivity (Wildman–Crippen MR) is 144 cm³/mol. The van der Waals surface area contributed by atoms with E-state index in [0.29, 0.717) is 34.1 Å². The average molecular weight is 556 g/mol. The maximum atomic E-state index is 13.7. The van der Waals surface area contributed by atoms with Crippen LogP contribution in [-0.2, 0) is 21.3 Å². The number of aromatic nitrogens is 3. The van der Waals surface area contributed by atoms with Gasteiger partial charge >= 0.3 is 12.1 Å². The van der Waals surface area contributed by atoms with Crippen molar-refractivity contribution in [2.75, 3.05) is 24.6 Å². The Bertz CT molecular complexity index is 1320. The molecular formula is C27H30ClN5O6. The average Bonchev–Trinajstić information content (AvgIpc) is 3.32. The van der Waals surface area contributed by atoms with Crippen LogP contribution in [0.2, 0.25) is 5.02 Å². The molecule has 0 bridgehead atoms. The number of rotatable bonds is 8. The summed E-state index contributed by atoms with van der Waals surface area (Å²) in [7, 11) is 1.60. The van der Waals surface area contributed by atoms with Crippen LogP contribution in [0.25, 0.3) is 11.1 Å². The number of ether oxygens (including phenoxy) is 3. The molecule has 2 aromatic heterocycles. The number of nitrogens with zero attached hydrogens (tertiary/aromatic N) is 4. The highest BCUT2D eigenvalue weighted by molar-refractivity contribution is 6.33. The molecule has 1 saturated heterocycles. The fourth-order valence-corrected chi connectivity index (χ4v) is 4.60. The normalized spacial score (nSPS) is 15.7. The van der Waals surface area contributed by atoms with E-state index in [2.05, 4.69) is 15.4 Å². The van der Waals surface area contributed by atoms with E-state index in [1.165, 1.54) is 17.8 Å². The number of carbonyl (C=O) groups is 3. The first kappa shape index (κ1) is 28.1. The molecule has 3 heterocycles. The van der Waals surface area contributed by atoms with Gasteiger partial charge < -0.3 is 19.5 Å². The lowest BCUT2D eigenvalue weighted by atomic mass is 10.0. The van der Waals surface area contributed by atoms with Gasteiger partial charge in [-0.25, -0.2) is 14.6 Å². The number of amides is 1. The maximum Gasteiger partial charge on any atom is 0.511 e. The molecule has 0 spiro atoms. The first-order valence-corrected chi connectivity index (χ1v) is 13.0. The molecule has 0 radical (unpaired) electrons. The molecule has 3 aromatic rings. The van der Waals surface area contributed by atoms with Crippen molar-refractivity contribution < 1.29 is 28.6 Å². The van der Waals surface area contributed by atoms with Gasteiger partial charge in [-0.05, 0) is 56.1 Å². The van der Waals surface area contributed by atoms with E-state index in [-0.39, 0.29) is 24.2 Å². The quantitative estimate of drug-likeness (QED) is 0.321. The van der Waals surface area contributed by atoms with Crippen LogP contribution in [0.4, 0.5) is 10.6 Å². The zero-order valence-electron chi connectivity index (χ0n) is 21.9. The number of pyridine rings is 1. The van der Waals surface area contributed by atoms with Crippen LogP contribution in [0, 0.1) is 0 Å². The number of piperidine rings is 1. The number of hydrogen-bond donors (Lipinski definition) is 1. The molecule has 1 unspecified atom stereocenters. The van der Waals surface area contributed by atoms with Crippen molar-refractivity contribution in [3.8, 4) is 11.1 Å². The topological polar surface area (TPSA) is 125 Å². The largest absolute Gasteiger partial charge is 0.511 e. The molecule has 11 nitrogen and oxygen atoms in total. The van der Waals surface area contributed by atoms with Crippen molar-refractivity contribution >= 4 is 35.5 Å². The lowest BCUT2D eigenvalue weighted by Crippen LogP contribution is -2.49. The zero-order chi connectivity index (χ0) is 27.9. The molecule has 1 aromatic carbocycles. The van der Waals surface area contributed by atoms with Gasteiger partial charge in [-0.15, -0.1) is 0 Å². The summed E-state index contributed by atoms with van der Waals surface area (Å²) >= 11 is 6.44. The molecule has 1 N–H and O–H groups in total. The summed E-state index contributed by atoms with van der Waals surface area (Å²) in [6.07, 6.45) is 2.79. The molecule has 206 valence electrons. The van der Waals surface area contributed by atoms with Crippen LogP contribution in [0.15, 0.2) is 48.8 Å². The number of nitrogens with one attached hydrogen (secondary N) is 1. The second-order valence-electron chi connectivity index (χ2n) is 8.87. The summed E-state index contributed by atoms with van der Waals surface area (Å²) in [6.45, 7) is 4.71. The van der Waals surface area contributed by atoms with Crippen molar-refractivity contribution in [2.24, 2.45) is 7.05 Å². The zero-order valence-corrected chi connectivity index (χ0v) is 22.7. The molecule has 0 saturated carbocycles. The van der Waals surface area contributed by atoms with E-state index >= 15 is 0 Å². The molecule has 12 heteroatoms. The van der Waals surface area contributed by atoms with E-state index in [1.54, 1.807) is 61.5 Å². The van der Waals surface area contributed by atoms with E-state index in [4.69, 9.17) is 25.8 Å². The number of hydrogen-bond acceptors (Lipinski definition) is 9. The van der Waals surface area contributed by atoms with Crippen LogP contribution < -0.4 is 10.2 Å². The monoisotopic (exact) mass is 555 g/mol. The van der Waals surface area contributed by atoms with Crippen LogP contribution in [0.5, 0.6) is 0 Å². The Kier molecular flexibility index (Phi) is 9.15. The van der Waals surface area contributed by atoms with E-state index in [1.807, 2.05) is 0 Å². The maximum absolute atomic E-state index is 13.7. The van der Waals surface area contributed by atoms with Crippen molar-refractivity contribution in [2.45, 2.75) is 39.0 Å². The third kappa shape index (κ3) is 6.55. The smallest absolute Gasteiger partial charge is 0.435 e. The Balaban J connectivity index is 1.56. The summed E-state index contributed by atoms with van der Waals surface area (Å²) in [5, 5.41) is 7.92. The third-order valence-corrected chi connectivity index (χ3v) is 6.49. The second-order valence-corrected chi connectivity index (χ2v) is 9.27. The second kappa shape index (κ2) is 12.7. The van der Waals surface area contributed by atoms with Gasteiger partial charge in [-0.1, -0.05) is 23.7 Å². The molecule has 0 aliphatic carbocycles. The fraction of sp³-hybridized carbons (Fsp3) is 0.370. The van der Waals surface area contributed by atoms with Crippen molar-refractivity contribution in [3.63, 3.8) is 0 Å². The van der Waals surface area contributed by atoms with Gasteiger partial charge in [0.15, 0.2) is 11.5 Å². The minimum atomic E-state index is -1.17. The van der Waals surface area contributed by atoms with Gasteiger partial charge in [0.2, 0.25) is 6.29 Å². The first-order chi connectivity index (χ1) is 18.8. The molecule has 1 aliphatic rings. The lowest BCUT2D eigenvalue weighted by Gasteiger charge is -2.34. The summed E-state index contributed by atoms with van der Waals surface area (Å²) in [5.41, 5.74) is 1.73. The lowest BCUT2D eigenvalue weighted by molar-refractivity contribution is -0.0815. The Hall–Kier alpha value is -3.96. The van der Waals surface area contributed by atoms with Crippen molar-refractivity contribution in [1.29, 1.82) is 0 Å².